The topological polar surface area (TPSA) is 171 Å². The molecule has 0 heterocycles. The number of rotatable bonds is 10. The van der Waals surface area contributed by atoms with Gasteiger partial charge in [0.15, 0.2) is 0 Å². The number of nitrogens with two attached hydrogens (primary N) is 1. The smallest absolute Gasteiger partial charge is 0.326 e. The quantitative estimate of drug-likeness (QED) is 0.205. The van der Waals surface area contributed by atoms with Gasteiger partial charge in [0.05, 0.1) is 12.6 Å². The Balaban J connectivity index is 4.61. The third-order valence-electron chi connectivity index (χ3n) is 3.31. The lowest BCUT2D eigenvalue weighted by Crippen LogP contribution is -2.55. The van der Waals surface area contributed by atoms with Crippen LogP contribution in [0.4, 0.5) is 0 Å². The van der Waals surface area contributed by atoms with Crippen LogP contribution in [-0.4, -0.2) is 70.4 Å². The fourth-order valence-corrected chi connectivity index (χ4v) is 1.97. The van der Waals surface area contributed by atoms with E-state index in [1.165, 1.54) is 6.92 Å². The number of amides is 3. The van der Waals surface area contributed by atoms with Crippen LogP contribution in [0.25, 0.3) is 0 Å². The van der Waals surface area contributed by atoms with Crippen molar-refractivity contribution in [1.82, 2.24) is 16.0 Å². The Labute approximate surface area is 151 Å². The SMILES string of the molecule is CC(C)C(NC(=O)C(CS)NC(=O)CNC(=O)C(N)C(C)O)C(=O)O. The fourth-order valence-electron chi connectivity index (χ4n) is 1.71. The Morgan fingerprint density at radius 1 is 1.08 bits per heavy atom. The predicted molar refractivity (Wildman–Crippen MR) is 92.9 cm³/mol. The van der Waals surface area contributed by atoms with Crippen LogP contribution >= 0.6 is 12.6 Å². The number of aliphatic hydroxyl groups excluding tert-OH is 1. The lowest BCUT2D eigenvalue weighted by Gasteiger charge is -2.22. The molecular formula is C14H26N4O6S. The molecule has 0 aromatic carbocycles. The van der Waals surface area contributed by atoms with Gasteiger partial charge < -0.3 is 31.9 Å². The summed E-state index contributed by atoms with van der Waals surface area (Å²) in [5.41, 5.74) is 5.41. The van der Waals surface area contributed by atoms with Crippen LogP contribution in [0.2, 0.25) is 0 Å². The second kappa shape index (κ2) is 10.9. The maximum Gasteiger partial charge on any atom is 0.326 e. The first-order valence-corrected chi connectivity index (χ1v) is 8.29. The van der Waals surface area contributed by atoms with Crippen molar-refractivity contribution in [3.05, 3.63) is 0 Å². The average molecular weight is 378 g/mol. The summed E-state index contributed by atoms with van der Waals surface area (Å²) in [6.45, 7) is 4.14. The molecule has 0 aromatic heterocycles. The minimum Gasteiger partial charge on any atom is -0.480 e. The Morgan fingerprint density at radius 2 is 1.64 bits per heavy atom. The number of nitrogens with one attached hydrogen (secondary N) is 3. The summed E-state index contributed by atoms with van der Waals surface area (Å²) < 4.78 is 0. The molecule has 3 amide bonds. The van der Waals surface area contributed by atoms with Crippen LogP contribution in [0.5, 0.6) is 0 Å². The van der Waals surface area contributed by atoms with Crippen LogP contribution < -0.4 is 21.7 Å². The van der Waals surface area contributed by atoms with Gasteiger partial charge in [-0.2, -0.15) is 12.6 Å². The van der Waals surface area contributed by atoms with Crippen molar-refractivity contribution in [3.63, 3.8) is 0 Å². The third kappa shape index (κ3) is 8.18. The molecule has 0 aliphatic rings. The van der Waals surface area contributed by atoms with Crippen LogP contribution in [0.3, 0.4) is 0 Å². The zero-order valence-electron chi connectivity index (χ0n) is 14.4. The van der Waals surface area contributed by atoms with Crippen molar-refractivity contribution in [2.24, 2.45) is 11.7 Å². The van der Waals surface area contributed by atoms with E-state index in [-0.39, 0.29) is 11.7 Å². The van der Waals surface area contributed by atoms with Gasteiger partial charge in [-0.15, -0.1) is 0 Å². The molecule has 0 saturated heterocycles. The van der Waals surface area contributed by atoms with E-state index in [1.807, 2.05) is 0 Å². The van der Waals surface area contributed by atoms with Crippen LogP contribution in [0.15, 0.2) is 0 Å². The minimum absolute atomic E-state index is 0.0663. The van der Waals surface area contributed by atoms with Crippen molar-refractivity contribution in [1.29, 1.82) is 0 Å². The van der Waals surface area contributed by atoms with Crippen molar-refractivity contribution >= 4 is 36.3 Å². The van der Waals surface area contributed by atoms with E-state index in [0.717, 1.165) is 0 Å². The molecule has 25 heavy (non-hydrogen) atoms. The maximum atomic E-state index is 12.1. The van der Waals surface area contributed by atoms with Gasteiger partial charge >= 0.3 is 5.97 Å². The number of hydrogen-bond acceptors (Lipinski definition) is 7. The van der Waals surface area contributed by atoms with E-state index < -0.39 is 54.5 Å². The fraction of sp³-hybridized carbons (Fsp3) is 0.714. The van der Waals surface area contributed by atoms with Crippen LogP contribution in [-0.2, 0) is 19.2 Å². The number of aliphatic hydroxyl groups is 1. The van der Waals surface area contributed by atoms with E-state index in [2.05, 4.69) is 28.6 Å². The molecule has 7 N–H and O–H groups in total. The standard InChI is InChI=1S/C14H26N4O6S/c1-6(2)11(14(23)24)18-12(21)8(5-25)17-9(20)4-16-13(22)10(15)7(3)19/h6-8,10-11,19,25H,4-5,15H2,1-3H3,(H,16,22)(H,17,20)(H,18,21)(H,23,24). The number of aliphatic carboxylic acids is 1. The summed E-state index contributed by atoms with van der Waals surface area (Å²) in [5, 5.41) is 25.1. The second-order valence-electron chi connectivity index (χ2n) is 5.86. The highest BCUT2D eigenvalue weighted by Crippen LogP contribution is 2.02. The number of carboxylic acid groups (broad SMARTS) is 1. The van der Waals surface area contributed by atoms with E-state index in [1.54, 1.807) is 13.8 Å². The van der Waals surface area contributed by atoms with E-state index in [9.17, 15) is 24.3 Å². The molecule has 0 bridgehead atoms. The lowest BCUT2D eigenvalue weighted by atomic mass is 10.0. The molecule has 10 nitrogen and oxygen atoms in total. The summed E-state index contributed by atoms with van der Waals surface area (Å²) >= 11 is 3.96. The first kappa shape index (κ1) is 23.1. The molecule has 0 fully saturated rings. The zero-order valence-corrected chi connectivity index (χ0v) is 15.2. The molecule has 0 rings (SSSR count). The van der Waals surface area contributed by atoms with Crippen LogP contribution in [0, 0.1) is 5.92 Å². The predicted octanol–water partition coefficient (Wildman–Crippen LogP) is -2.55. The molecule has 4 atom stereocenters. The van der Waals surface area contributed by atoms with Gasteiger partial charge in [0.1, 0.15) is 18.1 Å². The van der Waals surface area contributed by atoms with Crippen molar-refractivity contribution < 1.29 is 29.4 Å². The third-order valence-corrected chi connectivity index (χ3v) is 3.68. The summed E-state index contributed by atoms with van der Waals surface area (Å²) in [7, 11) is 0. The Kier molecular flexibility index (Phi) is 10.1. The molecule has 4 unspecified atom stereocenters. The average Bonchev–Trinajstić information content (AvgIpc) is 2.53. The van der Waals surface area contributed by atoms with Gasteiger partial charge in [-0.25, -0.2) is 4.79 Å². The van der Waals surface area contributed by atoms with E-state index in [0.29, 0.717) is 0 Å². The Morgan fingerprint density at radius 3 is 2.04 bits per heavy atom. The van der Waals surface area contributed by atoms with Gasteiger partial charge in [0.2, 0.25) is 17.7 Å². The van der Waals surface area contributed by atoms with Crippen molar-refractivity contribution in [2.75, 3.05) is 12.3 Å². The lowest BCUT2D eigenvalue weighted by molar-refractivity contribution is -0.143. The summed E-state index contributed by atoms with van der Waals surface area (Å²) in [6, 6.07) is -3.35. The highest BCUT2D eigenvalue weighted by atomic mass is 32.1. The second-order valence-corrected chi connectivity index (χ2v) is 6.22. The van der Waals surface area contributed by atoms with Crippen molar-refractivity contribution in [2.45, 2.75) is 45.0 Å². The zero-order chi connectivity index (χ0) is 19.7. The number of carboxylic acids is 1. The summed E-state index contributed by atoms with van der Waals surface area (Å²) in [4.78, 5) is 46.5. The molecule has 0 aliphatic heterocycles. The van der Waals surface area contributed by atoms with Gasteiger partial charge in [-0.3, -0.25) is 14.4 Å². The highest BCUT2D eigenvalue weighted by molar-refractivity contribution is 7.80. The molecule has 0 aliphatic carbocycles. The maximum absolute atomic E-state index is 12.1. The van der Waals surface area contributed by atoms with Crippen molar-refractivity contribution in [3.8, 4) is 0 Å². The number of carbonyl (C=O) groups is 4. The molecule has 0 spiro atoms. The normalized spacial score (nSPS) is 15.6. The molecule has 144 valence electrons. The number of carbonyl (C=O) groups excluding carboxylic acids is 3. The molecule has 0 saturated carbocycles. The Hall–Kier alpha value is -1.85. The largest absolute Gasteiger partial charge is 0.480 e. The first-order chi connectivity index (χ1) is 11.5. The molecular weight excluding hydrogens is 352 g/mol. The highest BCUT2D eigenvalue weighted by Gasteiger charge is 2.28. The molecule has 0 radical (unpaired) electrons. The number of hydrogen-bond donors (Lipinski definition) is 7. The van der Waals surface area contributed by atoms with Gasteiger partial charge in [-0.1, -0.05) is 13.8 Å². The van der Waals surface area contributed by atoms with Gasteiger partial charge in [0.25, 0.3) is 0 Å². The molecule has 11 heteroatoms. The minimum atomic E-state index is -1.19. The molecule has 0 aromatic rings. The first-order valence-electron chi connectivity index (χ1n) is 7.66. The summed E-state index contributed by atoms with van der Waals surface area (Å²) in [5.74, 6) is -3.70. The Bertz CT molecular complexity index is 500. The monoisotopic (exact) mass is 378 g/mol. The van der Waals surface area contributed by atoms with Gasteiger partial charge in [-0.05, 0) is 12.8 Å². The number of thiol groups is 1. The summed E-state index contributed by atoms with van der Waals surface area (Å²) in [6.07, 6.45) is -1.08. The van der Waals surface area contributed by atoms with E-state index >= 15 is 0 Å². The van der Waals surface area contributed by atoms with Crippen LogP contribution in [0.1, 0.15) is 20.8 Å². The van der Waals surface area contributed by atoms with E-state index in [4.69, 9.17) is 10.8 Å². The van der Waals surface area contributed by atoms with Gasteiger partial charge in [0, 0.05) is 5.75 Å².